The summed E-state index contributed by atoms with van der Waals surface area (Å²) in [6.45, 7) is 13.1. The number of carboxylic acid groups (broad SMARTS) is 1. The molecule has 0 amide bonds. The van der Waals surface area contributed by atoms with Crippen molar-refractivity contribution in [2.45, 2.75) is 143 Å². The van der Waals surface area contributed by atoms with E-state index in [1.54, 1.807) is 26.0 Å². The van der Waals surface area contributed by atoms with Crippen LogP contribution in [-0.2, 0) is 16.6 Å². The minimum Gasteiger partial charge on any atom is -0.490 e. The van der Waals surface area contributed by atoms with Crippen molar-refractivity contribution < 1.29 is 33.8 Å². The van der Waals surface area contributed by atoms with Crippen molar-refractivity contribution in [3.8, 4) is 17.2 Å². The number of hydrogen-bond acceptors (Lipinski definition) is 7. The van der Waals surface area contributed by atoms with Gasteiger partial charge in [0.1, 0.15) is 17.6 Å². The Morgan fingerprint density at radius 1 is 0.911 bits per heavy atom. The summed E-state index contributed by atoms with van der Waals surface area (Å²) in [4.78, 5) is 35.4. The van der Waals surface area contributed by atoms with Gasteiger partial charge < -0.3 is 19.3 Å². The first kappa shape index (κ1) is 37.6. The van der Waals surface area contributed by atoms with E-state index in [1.165, 1.54) is 64.0 Å². The van der Waals surface area contributed by atoms with Gasteiger partial charge in [-0.15, -0.1) is 0 Å². The third kappa shape index (κ3) is 12.7. The average molecular weight is 628 g/mol. The molecule has 0 saturated carbocycles. The van der Waals surface area contributed by atoms with Gasteiger partial charge in [0.25, 0.3) is 0 Å². The van der Waals surface area contributed by atoms with E-state index in [0.717, 1.165) is 24.8 Å². The van der Waals surface area contributed by atoms with Crippen molar-refractivity contribution in [1.82, 2.24) is 0 Å². The fourth-order valence-electron chi connectivity index (χ4n) is 5.42. The van der Waals surface area contributed by atoms with Crippen LogP contribution in [0.3, 0.4) is 0 Å². The number of hydrogen-bond donors (Lipinski definition) is 1. The summed E-state index contributed by atoms with van der Waals surface area (Å²) in [5.74, 6) is -0.647. The van der Waals surface area contributed by atoms with E-state index in [4.69, 9.17) is 14.2 Å². The smallest absolute Gasteiger partial charge is 0.336 e. The lowest BCUT2D eigenvalue weighted by atomic mass is 9.86. The van der Waals surface area contributed by atoms with E-state index in [2.05, 4.69) is 6.92 Å². The molecule has 2 rings (SSSR count). The molecule has 0 aliphatic carbocycles. The van der Waals surface area contributed by atoms with Crippen LogP contribution in [0.25, 0.3) is 0 Å². The number of esters is 1. The molecule has 1 unspecified atom stereocenters. The molecular weight excluding hydrogens is 574 g/mol. The molecule has 0 aliphatic heterocycles. The van der Waals surface area contributed by atoms with Crippen molar-refractivity contribution in [1.29, 1.82) is 0 Å². The summed E-state index contributed by atoms with van der Waals surface area (Å²) in [6, 6.07) is 7.74. The first-order valence-electron chi connectivity index (χ1n) is 16.4. The van der Waals surface area contributed by atoms with E-state index in [1.807, 2.05) is 26.8 Å². The molecule has 0 fully saturated rings. The topological polar surface area (TPSA) is 125 Å². The number of nitrogens with zero attached hydrogens (tertiary/aromatic N) is 1. The largest absolute Gasteiger partial charge is 0.490 e. The molecule has 9 heteroatoms. The lowest BCUT2D eigenvalue weighted by Crippen LogP contribution is -2.23. The van der Waals surface area contributed by atoms with Crippen molar-refractivity contribution >= 4 is 17.6 Å². The number of rotatable bonds is 20. The standard InChI is InChI=1S/C36H53NO8/c1-8-9-10-11-12-13-14-15-16-17-18-27(45-28-19-22-33(44-26(4)38)31(24-28)36(5,6)7)23-30-29(35(39)40)20-21-32(37(41)42)34(30)43-25(2)3/h19-22,24-25,27H,8-18,23H2,1-7H3,(H,39,40). The maximum Gasteiger partial charge on any atom is 0.336 e. The zero-order valence-corrected chi connectivity index (χ0v) is 28.3. The summed E-state index contributed by atoms with van der Waals surface area (Å²) in [5, 5.41) is 22.0. The third-order valence-corrected chi connectivity index (χ3v) is 7.65. The average Bonchev–Trinajstić information content (AvgIpc) is 2.94. The van der Waals surface area contributed by atoms with Crippen molar-refractivity contribution in [3.05, 3.63) is 57.1 Å². The highest BCUT2D eigenvalue weighted by molar-refractivity contribution is 5.91. The molecule has 250 valence electrons. The molecule has 0 saturated heterocycles. The van der Waals surface area contributed by atoms with Crippen LogP contribution in [-0.4, -0.2) is 34.2 Å². The van der Waals surface area contributed by atoms with E-state index in [-0.39, 0.29) is 34.4 Å². The number of aromatic carboxylic acids is 1. The van der Waals surface area contributed by atoms with Crippen LogP contribution in [0.2, 0.25) is 0 Å². The zero-order valence-electron chi connectivity index (χ0n) is 28.3. The molecule has 0 spiro atoms. The maximum absolute atomic E-state index is 12.3. The zero-order chi connectivity index (χ0) is 33.6. The number of carbonyl (C=O) groups excluding carboxylic acids is 1. The van der Waals surface area contributed by atoms with Crippen LogP contribution < -0.4 is 14.2 Å². The van der Waals surface area contributed by atoms with Crippen LogP contribution in [0.1, 0.15) is 141 Å². The van der Waals surface area contributed by atoms with E-state index in [0.29, 0.717) is 17.9 Å². The Balaban J connectivity index is 2.38. The molecule has 0 radical (unpaired) electrons. The van der Waals surface area contributed by atoms with Crippen molar-refractivity contribution in [3.63, 3.8) is 0 Å². The van der Waals surface area contributed by atoms with Crippen molar-refractivity contribution in [2.24, 2.45) is 0 Å². The lowest BCUT2D eigenvalue weighted by Gasteiger charge is -2.26. The molecular formula is C36H53NO8. The van der Waals surface area contributed by atoms with Gasteiger partial charge in [-0.05, 0) is 56.4 Å². The van der Waals surface area contributed by atoms with Gasteiger partial charge in [-0.25, -0.2) is 4.79 Å². The molecule has 1 atom stereocenters. The Morgan fingerprint density at radius 3 is 2.02 bits per heavy atom. The Morgan fingerprint density at radius 2 is 1.51 bits per heavy atom. The highest BCUT2D eigenvalue weighted by Gasteiger charge is 2.29. The third-order valence-electron chi connectivity index (χ3n) is 7.65. The second-order valence-electron chi connectivity index (χ2n) is 13.1. The van der Waals surface area contributed by atoms with E-state index < -0.39 is 29.1 Å². The van der Waals surface area contributed by atoms with Crippen LogP contribution in [0, 0.1) is 10.1 Å². The molecule has 45 heavy (non-hydrogen) atoms. The van der Waals surface area contributed by atoms with Gasteiger partial charge in [0.05, 0.1) is 16.6 Å². The second-order valence-corrected chi connectivity index (χ2v) is 13.1. The lowest BCUT2D eigenvalue weighted by molar-refractivity contribution is -0.386. The number of nitro groups is 1. The monoisotopic (exact) mass is 627 g/mol. The number of ether oxygens (including phenoxy) is 3. The Kier molecular flexibility index (Phi) is 15.3. The summed E-state index contributed by atoms with van der Waals surface area (Å²) in [5.41, 5.74) is 0.356. The summed E-state index contributed by atoms with van der Waals surface area (Å²) in [6.07, 6.45) is 11.6. The van der Waals surface area contributed by atoms with Gasteiger partial charge in [-0.3, -0.25) is 14.9 Å². The van der Waals surface area contributed by atoms with Gasteiger partial charge in [0, 0.05) is 30.5 Å². The van der Waals surface area contributed by atoms with Gasteiger partial charge in [0.15, 0.2) is 0 Å². The predicted octanol–water partition coefficient (Wildman–Crippen LogP) is 9.60. The molecule has 0 aromatic heterocycles. The Labute approximate surface area is 268 Å². The quantitative estimate of drug-likeness (QED) is 0.0506. The molecule has 9 nitrogen and oxygen atoms in total. The number of carbonyl (C=O) groups is 2. The normalized spacial score (nSPS) is 12.2. The predicted molar refractivity (Wildman–Crippen MR) is 177 cm³/mol. The Hall–Kier alpha value is -3.62. The minimum absolute atomic E-state index is 0.0350. The number of benzene rings is 2. The van der Waals surface area contributed by atoms with Gasteiger partial charge in [-0.1, -0.05) is 85.5 Å². The Bertz CT molecular complexity index is 1260. The maximum atomic E-state index is 12.3. The highest BCUT2D eigenvalue weighted by atomic mass is 16.6. The number of nitro benzene ring substituents is 1. The molecule has 0 bridgehead atoms. The summed E-state index contributed by atoms with van der Waals surface area (Å²) < 4.78 is 17.9. The van der Waals surface area contributed by atoms with Gasteiger partial charge in [0.2, 0.25) is 5.75 Å². The summed E-state index contributed by atoms with van der Waals surface area (Å²) >= 11 is 0. The van der Waals surface area contributed by atoms with Crippen LogP contribution >= 0.6 is 0 Å². The second kappa shape index (κ2) is 18.4. The minimum atomic E-state index is -1.19. The number of unbranched alkanes of at least 4 members (excludes halogenated alkanes) is 9. The van der Waals surface area contributed by atoms with Crippen LogP contribution in [0.15, 0.2) is 30.3 Å². The van der Waals surface area contributed by atoms with Crippen molar-refractivity contribution in [2.75, 3.05) is 0 Å². The highest BCUT2D eigenvalue weighted by Crippen LogP contribution is 2.38. The van der Waals surface area contributed by atoms with Gasteiger partial charge >= 0.3 is 17.6 Å². The molecule has 1 N–H and O–H groups in total. The SMILES string of the molecule is CCCCCCCCCCCCC(Cc1c(C(=O)O)ccc([N+](=O)[O-])c1OC(C)C)Oc1ccc(OC(C)=O)c(C(C)(C)C)c1. The van der Waals surface area contributed by atoms with E-state index in [9.17, 15) is 24.8 Å². The first-order chi connectivity index (χ1) is 21.2. The van der Waals surface area contributed by atoms with Crippen LogP contribution in [0.5, 0.6) is 17.2 Å². The molecule has 2 aromatic rings. The summed E-state index contributed by atoms with van der Waals surface area (Å²) in [7, 11) is 0. The molecule has 0 aliphatic rings. The molecule has 0 heterocycles. The van der Waals surface area contributed by atoms with Gasteiger partial charge in [-0.2, -0.15) is 0 Å². The molecule has 2 aromatic carbocycles. The van der Waals surface area contributed by atoms with E-state index >= 15 is 0 Å². The number of carboxylic acids is 1. The first-order valence-corrected chi connectivity index (χ1v) is 16.4. The fraction of sp³-hybridized carbons (Fsp3) is 0.611. The van der Waals surface area contributed by atoms with Crippen LogP contribution in [0.4, 0.5) is 5.69 Å². The fourth-order valence-corrected chi connectivity index (χ4v) is 5.42.